The van der Waals surface area contributed by atoms with Crippen LogP contribution >= 0.6 is 0 Å². The first kappa shape index (κ1) is 14.3. The Morgan fingerprint density at radius 2 is 2.22 bits per heavy atom. The van der Waals surface area contributed by atoms with Gasteiger partial charge in [-0.15, -0.1) is 0 Å². The van der Waals surface area contributed by atoms with Crippen molar-refractivity contribution in [1.29, 1.82) is 0 Å². The summed E-state index contributed by atoms with van der Waals surface area (Å²) in [6.45, 7) is 1.95. The van der Waals surface area contributed by atoms with Crippen molar-refractivity contribution in [3.8, 4) is 11.5 Å². The highest BCUT2D eigenvalue weighted by Gasteiger charge is 2.14. The van der Waals surface area contributed by atoms with Crippen molar-refractivity contribution in [2.45, 2.75) is 25.8 Å². The number of ether oxygens (including phenoxy) is 1. The van der Waals surface area contributed by atoms with Crippen molar-refractivity contribution in [2.75, 3.05) is 13.7 Å². The Balaban J connectivity index is 2.71. The van der Waals surface area contributed by atoms with E-state index in [9.17, 15) is 9.90 Å². The summed E-state index contributed by atoms with van der Waals surface area (Å²) in [5.41, 5.74) is 0.185. The van der Waals surface area contributed by atoms with Gasteiger partial charge < -0.3 is 20.3 Å². The van der Waals surface area contributed by atoms with Crippen molar-refractivity contribution in [3.63, 3.8) is 0 Å². The van der Waals surface area contributed by atoms with Gasteiger partial charge >= 0.3 is 0 Å². The number of nitrogens with one attached hydrogen (secondary N) is 1. The minimum atomic E-state index is -0.350. The molecule has 0 fully saturated rings. The Bertz CT molecular complexity index is 406. The fourth-order valence-electron chi connectivity index (χ4n) is 1.60. The van der Waals surface area contributed by atoms with Gasteiger partial charge in [0.2, 0.25) is 0 Å². The Morgan fingerprint density at radius 1 is 1.50 bits per heavy atom. The maximum absolute atomic E-state index is 11.9. The molecule has 1 aromatic rings. The van der Waals surface area contributed by atoms with Crippen LogP contribution in [0.25, 0.3) is 0 Å². The molecule has 0 heterocycles. The molecule has 0 saturated carbocycles. The molecule has 1 atom stereocenters. The number of amides is 1. The molecule has 5 heteroatoms. The summed E-state index contributed by atoms with van der Waals surface area (Å²) in [4.78, 5) is 11.9. The first-order chi connectivity index (χ1) is 8.58. The lowest BCUT2D eigenvalue weighted by molar-refractivity contribution is 0.0933. The van der Waals surface area contributed by atoms with Crippen LogP contribution in [0.5, 0.6) is 11.5 Å². The van der Waals surface area contributed by atoms with Crippen molar-refractivity contribution in [2.24, 2.45) is 0 Å². The molecular weight excluding hydrogens is 234 g/mol. The minimum absolute atomic E-state index is 0.0600. The molecule has 0 spiro atoms. The zero-order valence-electron chi connectivity index (χ0n) is 10.6. The summed E-state index contributed by atoms with van der Waals surface area (Å²) >= 11 is 0. The van der Waals surface area contributed by atoms with Gasteiger partial charge in [-0.3, -0.25) is 4.79 Å². The molecule has 3 N–H and O–H groups in total. The number of carbonyl (C=O) groups is 1. The van der Waals surface area contributed by atoms with Crippen molar-refractivity contribution >= 4 is 5.91 Å². The third-order valence-corrected chi connectivity index (χ3v) is 2.62. The second-order valence-corrected chi connectivity index (χ2v) is 4.12. The van der Waals surface area contributed by atoms with Crippen LogP contribution in [0, 0.1) is 0 Å². The van der Waals surface area contributed by atoms with Crippen LogP contribution in [0.4, 0.5) is 0 Å². The largest absolute Gasteiger partial charge is 0.507 e. The third-order valence-electron chi connectivity index (χ3n) is 2.62. The van der Waals surface area contributed by atoms with E-state index < -0.39 is 0 Å². The van der Waals surface area contributed by atoms with Gasteiger partial charge in [-0.25, -0.2) is 0 Å². The lowest BCUT2D eigenvalue weighted by Gasteiger charge is -2.14. The van der Waals surface area contributed by atoms with Crippen LogP contribution in [0.3, 0.4) is 0 Å². The monoisotopic (exact) mass is 253 g/mol. The van der Waals surface area contributed by atoms with E-state index in [0.29, 0.717) is 18.6 Å². The molecule has 0 aliphatic heterocycles. The predicted octanol–water partition coefficient (Wildman–Crippen LogP) is 1.29. The maximum atomic E-state index is 11.9. The van der Waals surface area contributed by atoms with E-state index in [1.807, 2.05) is 6.92 Å². The molecule has 1 rings (SSSR count). The summed E-state index contributed by atoms with van der Waals surface area (Å²) in [6.07, 6.45) is 1.32. The van der Waals surface area contributed by atoms with E-state index in [-0.39, 0.29) is 29.9 Å². The number of phenols is 1. The lowest BCUT2D eigenvalue weighted by atomic mass is 10.1. The van der Waals surface area contributed by atoms with Crippen LogP contribution in [0.1, 0.15) is 30.1 Å². The average Bonchev–Trinajstić information content (AvgIpc) is 2.36. The highest BCUT2D eigenvalue weighted by molar-refractivity contribution is 5.97. The molecule has 1 unspecified atom stereocenters. The standard InChI is InChI=1S/C13H19NO4/c1-9(4-3-7-15)14-13(17)11-8-10(18-2)5-6-12(11)16/h5-6,8-9,15-16H,3-4,7H2,1-2H3,(H,14,17). The first-order valence-electron chi connectivity index (χ1n) is 5.87. The molecule has 1 amide bonds. The number of hydrogen-bond donors (Lipinski definition) is 3. The fourth-order valence-corrected chi connectivity index (χ4v) is 1.60. The number of hydrogen-bond acceptors (Lipinski definition) is 4. The number of carbonyl (C=O) groups excluding carboxylic acids is 1. The zero-order chi connectivity index (χ0) is 13.5. The summed E-state index contributed by atoms with van der Waals surface area (Å²) in [5.74, 6) is 0.0838. The molecule has 5 nitrogen and oxygen atoms in total. The number of rotatable bonds is 6. The first-order valence-corrected chi connectivity index (χ1v) is 5.87. The Kier molecular flexibility index (Phi) is 5.45. The molecular formula is C13H19NO4. The third kappa shape index (κ3) is 3.92. The molecule has 18 heavy (non-hydrogen) atoms. The van der Waals surface area contributed by atoms with Gasteiger partial charge in [0.1, 0.15) is 11.5 Å². The quantitative estimate of drug-likeness (QED) is 0.714. The van der Waals surface area contributed by atoms with Crippen LogP contribution in [0.2, 0.25) is 0 Å². The normalized spacial score (nSPS) is 11.9. The molecule has 0 aliphatic rings. The van der Waals surface area contributed by atoms with E-state index in [1.54, 1.807) is 6.07 Å². The molecule has 0 aromatic heterocycles. The summed E-state index contributed by atoms with van der Waals surface area (Å²) < 4.78 is 5.01. The van der Waals surface area contributed by atoms with Crippen molar-refractivity contribution in [1.82, 2.24) is 5.32 Å². The summed E-state index contributed by atoms with van der Waals surface area (Å²) in [5, 5.41) is 21.1. The molecule has 0 aliphatic carbocycles. The van der Waals surface area contributed by atoms with E-state index >= 15 is 0 Å². The number of phenolic OH excluding ortho intramolecular Hbond substituents is 1. The van der Waals surface area contributed by atoms with Gasteiger partial charge in [0, 0.05) is 12.6 Å². The number of aromatic hydroxyl groups is 1. The van der Waals surface area contributed by atoms with Gasteiger partial charge in [-0.05, 0) is 38.0 Å². The van der Waals surface area contributed by atoms with E-state index in [0.717, 1.165) is 0 Å². The van der Waals surface area contributed by atoms with Crippen molar-refractivity contribution < 1.29 is 19.7 Å². The van der Waals surface area contributed by atoms with Crippen LogP contribution in [-0.2, 0) is 0 Å². The zero-order valence-corrected chi connectivity index (χ0v) is 10.6. The fraction of sp³-hybridized carbons (Fsp3) is 0.462. The topological polar surface area (TPSA) is 78.8 Å². The van der Waals surface area contributed by atoms with Crippen LogP contribution in [-0.4, -0.2) is 35.9 Å². The number of benzene rings is 1. The molecule has 0 bridgehead atoms. The Labute approximate surface area is 106 Å². The second-order valence-electron chi connectivity index (χ2n) is 4.12. The number of methoxy groups -OCH3 is 1. The van der Waals surface area contributed by atoms with E-state index in [1.165, 1.54) is 19.2 Å². The van der Waals surface area contributed by atoms with Gasteiger partial charge in [-0.1, -0.05) is 0 Å². The Hall–Kier alpha value is -1.75. The molecule has 1 aromatic carbocycles. The molecule has 0 saturated heterocycles. The van der Waals surface area contributed by atoms with Gasteiger partial charge in [0.05, 0.1) is 12.7 Å². The predicted molar refractivity (Wildman–Crippen MR) is 67.9 cm³/mol. The van der Waals surface area contributed by atoms with E-state index in [4.69, 9.17) is 9.84 Å². The van der Waals surface area contributed by atoms with Crippen molar-refractivity contribution in [3.05, 3.63) is 23.8 Å². The minimum Gasteiger partial charge on any atom is -0.507 e. The Morgan fingerprint density at radius 3 is 2.83 bits per heavy atom. The SMILES string of the molecule is COc1ccc(O)c(C(=O)NC(C)CCCO)c1. The second kappa shape index (κ2) is 6.86. The van der Waals surface area contributed by atoms with Crippen LogP contribution < -0.4 is 10.1 Å². The smallest absolute Gasteiger partial charge is 0.255 e. The maximum Gasteiger partial charge on any atom is 0.255 e. The van der Waals surface area contributed by atoms with Gasteiger partial charge in [-0.2, -0.15) is 0 Å². The summed E-state index contributed by atoms with van der Waals surface area (Å²) in [6, 6.07) is 4.44. The molecule has 0 radical (unpaired) electrons. The number of aliphatic hydroxyl groups is 1. The lowest BCUT2D eigenvalue weighted by Crippen LogP contribution is -2.32. The van der Waals surface area contributed by atoms with E-state index in [2.05, 4.69) is 5.32 Å². The number of aliphatic hydroxyl groups excluding tert-OH is 1. The summed E-state index contributed by atoms with van der Waals surface area (Å²) in [7, 11) is 1.50. The van der Waals surface area contributed by atoms with Gasteiger partial charge in [0.15, 0.2) is 0 Å². The highest BCUT2D eigenvalue weighted by Crippen LogP contribution is 2.22. The average molecular weight is 253 g/mol. The highest BCUT2D eigenvalue weighted by atomic mass is 16.5. The van der Waals surface area contributed by atoms with Gasteiger partial charge in [0.25, 0.3) is 5.91 Å². The molecule has 100 valence electrons. The van der Waals surface area contributed by atoms with Crippen LogP contribution in [0.15, 0.2) is 18.2 Å².